The first-order chi connectivity index (χ1) is 8.66. The van der Waals surface area contributed by atoms with Gasteiger partial charge >= 0.3 is 0 Å². The Balaban J connectivity index is 2.06. The Kier molecular flexibility index (Phi) is 4.12. The van der Waals surface area contributed by atoms with Crippen LogP contribution < -0.4 is 10.6 Å². The molecule has 92 valence electrons. The summed E-state index contributed by atoms with van der Waals surface area (Å²) in [4.78, 5) is 0. The summed E-state index contributed by atoms with van der Waals surface area (Å²) < 4.78 is 13.4. The second-order valence-corrected chi connectivity index (χ2v) is 4.35. The average Bonchev–Trinajstić information content (AvgIpc) is 2.35. The van der Waals surface area contributed by atoms with Crippen molar-refractivity contribution in [3.05, 3.63) is 59.4 Å². The molecule has 0 amide bonds. The Labute approximate surface area is 115 Å². The lowest BCUT2D eigenvalue weighted by Gasteiger charge is -2.11. The maximum atomic E-state index is 13.4. The highest BCUT2D eigenvalue weighted by Gasteiger charge is 2.04. The largest absolute Gasteiger partial charge is 0.331 e. The number of halogens is 2. The third-order valence-electron chi connectivity index (χ3n) is 2.24. The smallest absolute Gasteiger partial charge is 0.175 e. The van der Waals surface area contributed by atoms with Crippen molar-refractivity contribution in [3.63, 3.8) is 0 Å². The van der Waals surface area contributed by atoms with Crippen LogP contribution in [0.15, 0.2) is 48.5 Å². The van der Waals surface area contributed by atoms with Gasteiger partial charge in [-0.3, -0.25) is 0 Å². The number of benzene rings is 2. The van der Waals surface area contributed by atoms with Crippen molar-refractivity contribution in [3.8, 4) is 0 Å². The van der Waals surface area contributed by atoms with Crippen LogP contribution >= 0.6 is 23.8 Å². The Hall–Kier alpha value is -1.65. The number of anilines is 2. The number of hydrogen-bond acceptors (Lipinski definition) is 1. The van der Waals surface area contributed by atoms with E-state index in [0.29, 0.717) is 16.4 Å². The van der Waals surface area contributed by atoms with Gasteiger partial charge in [0.25, 0.3) is 0 Å². The molecule has 0 unspecified atom stereocenters. The molecule has 0 saturated heterocycles. The van der Waals surface area contributed by atoms with Gasteiger partial charge in [0, 0.05) is 0 Å². The van der Waals surface area contributed by atoms with E-state index in [1.54, 1.807) is 30.3 Å². The molecule has 0 aliphatic carbocycles. The van der Waals surface area contributed by atoms with Crippen LogP contribution in [0.3, 0.4) is 0 Å². The van der Waals surface area contributed by atoms with Crippen LogP contribution in [0.4, 0.5) is 15.8 Å². The number of nitrogens with one attached hydrogen (secondary N) is 2. The fourth-order valence-electron chi connectivity index (χ4n) is 1.40. The van der Waals surface area contributed by atoms with Crippen LogP contribution in [0.5, 0.6) is 0 Å². The highest BCUT2D eigenvalue weighted by Crippen LogP contribution is 2.21. The molecular formula is C13H10ClFN2S. The van der Waals surface area contributed by atoms with Gasteiger partial charge in [0.05, 0.1) is 16.4 Å². The Morgan fingerprint density at radius 3 is 2.17 bits per heavy atom. The normalized spacial score (nSPS) is 9.89. The van der Waals surface area contributed by atoms with Crippen molar-refractivity contribution in [1.29, 1.82) is 0 Å². The van der Waals surface area contributed by atoms with E-state index >= 15 is 0 Å². The van der Waals surface area contributed by atoms with Gasteiger partial charge < -0.3 is 10.6 Å². The highest BCUT2D eigenvalue weighted by molar-refractivity contribution is 7.80. The molecule has 2 aromatic carbocycles. The lowest BCUT2D eigenvalue weighted by atomic mass is 10.3. The molecule has 0 spiro atoms. The van der Waals surface area contributed by atoms with Gasteiger partial charge in [-0.2, -0.15) is 0 Å². The SMILES string of the molecule is Fc1ccccc1NC(=S)Nc1ccccc1Cl. The predicted octanol–water partition coefficient (Wildman–Crippen LogP) is 4.29. The molecule has 0 aliphatic heterocycles. The summed E-state index contributed by atoms with van der Waals surface area (Å²) in [6.45, 7) is 0. The third kappa shape index (κ3) is 3.18. The second-order valence-electron chi connectivity index (χ2n) is 3.54. The Morgan fingerprint density at radius 1 is 0.944 bits per heavy atom. The maximum Gasteiger partial charge on any atom is 0.175 e. The van der Waals surface area contributed by atoms with E-state index < -0.39 is 0 Å². The summed E-state index contributed by atoms with van der Waals surface area (Å²) in [5.74, 6) is -0.360. The summed E-state index contributed by atoms with van der Waals surface area (Å²) in [6.07, 6.45) is 0. The molecule has 0 atom stereocenters. The number of hydrogen-bond donors (Lipinski definition) is 2. The zero-order chi connectivity index (χ0) is 13.0. The van der Waals surface area contributed by atoms with Crippen LogP contribution in [0.1, 0.15) is 0 Å². The lowest BCUT2D eigenvalue weighted by molar-refractivity contribution is 0.632. The second kappa shape index (κ2) is 5.80. The molecule has 0 bridgehead atoms. The summed E-state index contributed by atoms with van der Waals surface area (Å²) in [5, 5.41) is 6.52. The molecule has 0 fully saturated rings. The molecule has 0 saturated carbocycles. The van der Waals surface area contributed by atoms with E-state index in [1.807, 2.05) is 12.1 Å². The molecule has 0 aromatic heterocycles. The summed E-state index contributed by atoms with van der Waals surface area (Å²) >= 11 is 11.1. The van der Waals surface area contributed by atoms with Crippen LogP contribution in [-0.2, 0) is 0 Å². The first-order valence-corrected chi connectivity index (χ1v) is 6.02. The van der Waals surface area contributed by atoms with Crippen LogP contribution in [-0.4, -0.2) is 5.11 Å². The molecule has 18 heavy (non-hydrogen) atoms. The zero-order valence-corrected chi connectivity index (χ0v) is 10.9. The van der Waals surface area contributed by atoms with Crippen molar-refractivity contribution in [1.82, 2.24) is 0 Å². The van der Waals surface area contributed by atoms with Crippen LogP contribution in [0.25, 0.3) is 0 Å². The molecule has 2 aromatic rings. The van der Waals surface area contributed by atoms with Gasteiger partial charge in [-0.25, -0.2) is 4.39 Å². The van der Waals surface area contributed by atoms with Gasteiger partial charge in [0.2, 0.25) is 0 Å². The van der Waals surface area contributed by atoms with Crippen molar-refractivity contribution in [2.75, 3.05) is 10.6 Å². The van der Waals surface area contributed by atoms with E-state index in [-0.39, 0.29) is 10.9 Å². The molecule has 0 radical (unpaired) electrons. The van der Waals surface area contributed by atoms with Crippen molar-refractivity contribution in [2.45, 2.75) is 0 Å². The van der Waals surface area contributed by atoms with E-state index in [4.69, 9.17) is 23.8 Å². The van der Waals surface area contributed by atoms with Crippen LogP contribution in [0.2, 0.25) is 5.02 Å². The minimum Gasteiger partial charge on any atom is -0.331 e. The summed E-state index contributed by atoms with van der Waals surface area (Å²) in [7, 11) is 0. The monoisotopic (exact) mass is 280 g/mol. The third-order valence-corrected chi connectivity index (χ3v) is 2.78. The number of thiocarbonyl (C=S) groups is 1. The summed E-state index contributed by atoms with van der Waals surface area (Å²) in [6, 6.07) is 13.5. The standard InChI is InChI=1S/C13H10ClFN2S/c14-9-5-1-3-7-11(9)16-13(18)17-12-8-4-2-6-10(12)15/h1-8H,(H2,16,17,18). The minimum atomic E-state index is -0.360. The van der Waals surface area contributed by atoms with Crippen molar-refractivity contribution < 1.29 is 4.39 Å². The molecular weight excluding hydrogens is 271 g/mol. The molecule has 2 rings (SSSR count). The molecule has 5 heteroatoms. The topological polar surface area (TPSA) is 24.1 Å². The predicted molar refractivity (Wildman–Crippen MR) is 77.7 cm³/mol. The van der Waals surface area contributed by atoms with Gasteiger partial charge in [-0.15, -0.1) is 0 Å². The summed E-state index contributed by atoms with van der Waals surface area (Å²) in [5.41, 5.74) is 0.995. The quantitative estimate of drug-likeness (QED) is 0.803. The first kappa shape index (κ1) is 12.8. The highest BCUT2D eigenvalue weighted by atomic mass is 35.5. The van der Waals surface area contributed by atoms with Crippen molar-refractivity contribution >= 4 is 40.3 Å². The maximum absolute atomic E-state index is 13.4. The van der Waals surface area contributed by atoms with Gasteiger partial charge in [0.1, 0.15) is 5.82 Å². The van der Waals surface area contributed by atoms with Gasteiger partial charge in [0.15, 0.2) is 5.11 Å². The van der Waals surface area contributed by atoms with E-state index in [9.17, 15) is 4.39 Å². The molecule has 0 heterocycles. The Morgan fingerprint density at radius 2 is 1.50 bits per heavy atom. The zero-order valence-electron chi connectivity index (χ0n) is 9.28. The number of rotatable bonds is 2. The fourth-order valence-corrected chi connectivity index (χ4v) is 1.80. The van der Waals surface area contributed by atoms with E-state index in [2.05, 4.69) is 10.6 Å². The molecule has 2 nitrogen and oxygen atoms in total. The first-order valence-electron chi connectivity index (χ1n) is 5.24. The van der Waals surface area contributed by atoms with Crippen molar-refractivity contribution in [2.24, 2.45) is 0 Å². The van der Waals surface area contributed by atoms with E-state index in [0.717, 1.165) is 0 Å². The van der Waals surface area contributed by atoms with Gasteiger partial charge in [-0.05, 0) is 36.5 Å². The van der Waals surface area contributed by atoms with Gasteiger partial charge in [-0.1, -0.05) is 35.9 Å². The Bertz CT molecular complexity index is 525. The minimum absolute atomic E-state index is 0.285. The average molecular weight is 281 g/mol. The molecule has 2 N–H and O–H groups in total. The fraction of sp³-hybridized carbons (Fsp3) is 0. The molecule has 0 aliphatic rings. The number of para-hydroxylation sites is 2. The van der Waals surface area contributed by atoms with E-state index in [1.165, 1.54) is 6.07 Å². The lowest BCUT2D eigenvalue weighted by Crippen LogP contribution is -2.19. The van der Waals surface area contributed by atoms with Crippen LogP contribution in [0, 0.1) is 5.82 Å².